The molecule has 1 aromatic heterocycles. The highest BCUT2D eigenvalue weighted by Gasteiger charge is 2.40. The molecule has 1 fully saturated rings. The van der Waals surface area contributed by atoms with Crippen molar-refractivity contribution in [2.75, 3.05) is 31.6 Å². The lowest BCUT2D eigenvalue weighted by Crippen LogP contribution is -2.40. The van der Waals surface area contributed by atoms with Crippen molar-refractivity contribution in [1.82, 2.24) is 9.88 Å². The van der Waals surface area contributed by atoms with Crippen LogP contribution in [0.2, 0.25) is 5.02 Å². The van der Waals surface area contributed by atoms with Crippen LogP contribution in [0, 0.1) is 0 Å². The smallest absolute Gasteiger partial charge is 0.490 e. The number of benzene rings is 1. The highest BCUT2D eigenvalue weighted by Crippen LogP contribution is 2.28. The third-order valence-corrected chi connectivity index (χ3v) is 5.75. The van der Waals surface area contributed by atoms with E-state index in [1.807, 2.05) is 12.1 Å². The molecule has 190 valence electrons. The van der Waals surface area contributed by atoms with Gasteiger partial charge in [0.15, 0.2) is 0 Å². The fourth-order valence-corrected chi connectivity index (χ4v) is 4.14. The molecule has 1 N–H and O–H groups in total. The lowest BCUT2D eigenvalue weighted by Gasteiger charge is -2.29. The Hall–Kier alpha value is -3.01. The predicted molar refractivity (Wildman–Crippen MR) is 125 cm³/mol. The Bertz CT molecular complexity index is 986. The second kappa shape index (κ2) is 12.6. The summed E-state index contributed by atoms with van der Waals surface area (Å²) in [6.07, 6.45) is 1.94. The first-order chi connectivity index (χ1) is 16.7. The number of alkyl halides is 3. The van der Waals surface area contributed by atoms with E-state index in [1.54, 1.807) is 29.4 Å². The van der Waals surface area contributed by atoms with Crippen molar-refractivity contribution in [3.63, 3.8) is 0 Å². The molecule has 7 nitrogen and oxygen atoms in total. The van der Waals surface area contributed by atoms with Crippen molar-refractivity contribution in [3.05, 3.63) is 53.3 Å². The number of carbonyl (C=O) groups is 2. The van der Waals surface area contributed by atoms with Crippen LogP contribution >= 0.6 is 11.6 Å². The van der Waals surface area contributed by atoms with Crippen molar-refractivity contribution < 1.29 is 32.2 Å². The Balaban J connectivity index is 1.59. The first-order valence-corrected chi connectivity index (χ1v) is 11.7. The summed E-state index contributed by atoms with van der Waals surface area (Å²) in [5.41, 5.74) is 1.23. The van der Waals surface area contributed by atoms with Crippen LogP contribution in [0.25, 0.3) is 0 Å². The van der Waals surface area contributed by atoms with Crippen LogP contribution in [0.5, 0.6) is 5.75 Å². The number of anilines is 1. The van der Waals surface area contributed by atoms with E-state index in [1.165, 1.54) is 6.07 Å². The molecule has 35 heavy (non-hydrogen) atoms. The van der Waals surface area contributed by atoms with E-state index in [9.17, 15) is 22.8 Å². The number of nitrogens with zero attached hydrogens (tertiary/aromatic N) is 2. The molecule has 0 spiro atoms. The quantitative estimate of drug-likeness (QED) is 0.332. The first-order valence-electron chi connectivity index (χ1n) is 11.4. The van der Waals surface area contributed by atoms with Gasteiger partial charge in [0.1, 0.15) is 12.4 Å². The van der Waals surface area contributed by atoms with Gasteiger partial charge in [-0.2, -0.15) is 13.2 Å². The maximum atomic E-state index is 13.3. The van der Waals surface area contributed by atoms with Crippen LogP contribution in [0.15, 0.2) is 42.7 Å². The molecule has 0 aliphatic heterocycles. The van der Waals surface area contributed by atoms with Gasteiger partial charge in [0.2, 0.25) is 0 Å². The maximum absolute atomic E-state index is 13.3. The predicted octanol–water partition coefficient (Wildman–Crippen LogP) is 5.11. The molecule has 11 heteroatoms. The highest BCUT2D eigenvalue weighted by molar-refractivity contribution is 6.31. The van der Waals surface area contributed by atoms with E-state index in [4.69, 9.17) is 16.3 Å². The van der Waals surface area contributed by atoms with Crippen LogP contribution in [-0.2, 0) is 9.53 Å². The molecule has 0 unspecified atom stereocenters. The molecule has 1 amide bonds. The van der Waals surface area contributed by atoms with Gasteiger partial charge in [-0.1, -0.05) is 24.4 Å². The number of hydrogen-bond donors (Lipinski definition) is 1. The summed E-state index contributed by atoms with van der Waals surface area (Å²) < 4.78 is 47.0. The fraction of sp³-hybridized carbons (Fsp3) is 0.458. The highest BCUT2D eigenvalue weighted by atomic mass is 35.5. The average Bonchev–Trinajstić information content (AvgIpc) is 3.35. The van der Waals surface area contributed by atoms with E-state index >= 15 is 0 Å². The Kier molecular flexibility index (Phi) is 9.59. The molecule has 1 heterocycles. The molecule has 0 saturated heterocycles. The number of esters is 1. The summed E-state index contributed by atoms with van der Waals surface area (Å²) in [6, 6.07) is 8.38. The molecule has 1 aliphatic carbocycles. The fourth-order valence-electron chi connectivity index (χ4n) is 3.92. The van der Waals surface area contributed by atoms with E-state index in [0.717, 1.165) is 31.4 Å². The minimum Gasteiger partial charge on any atom is -0.492 e. The molecule has 1 saturated carbocycles. The molecule has 0 atom stereocenters. The number of pyridine rings is 1. The minimum absolute atomic E-state index is 0.0336. The average molecular weight is 514 g/mol. The van der Waals surface area contributed by atoms with Gasteiger partial charge in [-0.25, -0.2) is 4.79 Å². The molecule has 3 rings (SSSR count). The van der Waals surface area contributed by atoms with Gasteiger partial charge in [-0.3, -0.25) is 9.78 Å². The first kappa shape index (κ1) is 26.6. The van der Waals surface area contributed by atoms with Crippen molar-refractivity contribution in [3.8, 4) is 5.75 Å². The van der Waals surface area contributed by atoms with Crippen LogP contribution in [0.4, 0.5) is 18.9 Å². The van der Waals surface area contributed by atoms with Gasteiger partial charge >= 0.3 is 12.1 Å². The summed E-state index contributed by atoms with van der Waals surface area (Å²) in [5, 5.41) is 3.52. The van der Waals surface area contributed by atoms with Crippen LogP contribution < -0.4 is 10.1 Å². The topological polar surface area (TPSA) is 80.8 Å². The maximum Gasteiger partial charge on any atom is 0.490 e. The number of nitrogens with one attached hydrogen (secondary N) is 1. The zero-order chi connectivity index (χ0) is 25.3. The molecule has 2 aromatic rings. The van der Waals surface area contributed by atoms with E-state index < -0.39 is 18.8 Å². The van der Waals surface area contributed by atoms with Gasteiger partial charge in [-0.05, 0) is 49.6 Å². The summed E-state index contributed by atoms with van der Waals surface area (Å²) in [5.74, 6) is -2.09. The van der Waals surface area contributed by atoms with Crippen LogP contribution in [-0.4, -0.2) is 60.3 Å². The van der Waals surface area contributed by atoms with Gasteiger partial charge < -0.3 is 19.7 Å². The van der Waals surface area contributed by atoms with Gasteiger partial charge in [0.05, 0.1) is 6.61 Å². The van der Waals surface area contributed by atoms with Crippen molar-refractivity contribution in [2.45, 2.75) is 44.3 Å². The molecule has 0 bridgehead atoms. The Morgan fingerprint density at radius 1 is 1.11 bits per heavy atom. The number of amides is 1. The molecule has 1 aromatic carbocycles. The van der Waals surface area contributed by atoms with Gasteiger partial charge in [0.25, 0.3) is 5.91 Å². The molecule has 1 aliphatic rings. The Morgan fingerprint density at radius 2 is 1.83 bits per heavy atom. The number of ether oxygens (including phenoxy) is 2. The largest absolute Gasteiger partial charge is 0.492 e. The lowest BCUT2D eigenvalue weighted by molar-refractivity contribution is -0.199. The number of hydrogen-bond acceptors (Lipinski definition) is 6. The third kappa shape index (κ3) is 8.31. The van der Waals surface area contributed by atoms with Gasteiger partial charge in [0, 0.05) is 47.8 Å². The third-order valence-electron chi connectivity index (χ3n) is 5.53. The minimum atomic E-state index is -5.04. The SMILES string of the molecule is O=C(c1cc(Cl)cc(OCCNc2ccncc2)c1)N(CCCOC(=O)C(F)(F)F)C1CCCC1. The summed E-state index contributed by atoms with van der Waals surface area (Å²) in [7, 11) is 0. The summed E-state index contributed by atoms with van der Waals surface area (Å²) >= 11 is 6.23. The number of halogens is 4. The van der Waals surface area contributed by atoms with Crippen molar-refractivity contribution in [2.24, 2.45) is 0 Å². The van der Waals surface area contributed by atoms with Gasteiger partial charge in [-0.15, -0.1) is 0 Å². The summed E-state index contributed by atoms with van der Waals surface area (Å²) in [6.45, 7) is 0.578. The lowest BCUT2D eigenvalue weighted by atomic mass is 10.1. The number of carbonyl (C=O) groups excluding carboxylic acids is 2. The monoisotopic (exact) mass is 513 g/mol. The summed E-state index contributed by atoms with van der Waals surface area (Å²) in [4.78, 5) is 29.9. The van der Waals surface area contributed by atoms with Crippen LogP contribution in [0.1, 0.15) is 42.5 Å². The van der Waals surface area contributed by atoms with Crippen molar-refractivity contribution in [1.29, 1.82) is 0 Å². The van der Waals surface area contributed by atoms with Crippen LogP contribution in [0.3, 0.4) is 0 Å². The van der Waals surface area contributed by atoms with Crippen molar-refractivity contribution >= 4 is 29.2 Å². The zero-order valence-corrected chi connectivity index (χ0v) is 19.8. The standard InChI is InChI=1S/C24H27ClF3N3O4/c25-18-14-17(15-21(16-18)34-13-10-30-19-6-8-29-9-7-19)22(32)31(20-4-1-2-5-20)11-3-12-35-23(33)24(26,27)28/h6-9,14-16,20H,1-5,10-13H2,(H,29,30). The van der Waals surface area contributed by atoms with E-state index in [-0.39, 0.29) is 24.9 Å². The normalized spacial score (nSPS) is 13.9. The molecular formula is C24H27ClF3N3O4. The Morgan fingerprint density at radius 3 is 2.51 bits per heavy atom. The molecule has 0 radical (unpaired) electrons. The Labute approximate surface area is 206 Å². The zero-order valence-electron chi connectivity index (χ0n) is 19.0. The molecular weight excluding hydrogens is 487 g/mol. The number of rotatable bonds is 11. The number of aromatic nitrogens is 1. The second-order valence-corrected chi connectivity index (χ2v) is 8.55. The second-order valence-electron chi connectivity index (χ2n) is 8.11. The van der Waals surface area contributed by atoms with E-state index in [2.05, 4.69) is 15.0 Å². The van der Waals surface area contributed by atoms with E-state index in [0.29, 0.717) is 29.5 Å².